The maximum absolute atomic E-state index is 5.72. The molecule has 1 aromatic heterocycles. The Balaban J connectivity index is 2.18. The summed E-state index contributed by atoms with van der Waals surface area (Å²) in [5.41, 5.74) is 1.13. The molecule has 0 radical (unpaired) electrons. The molecule has 5 heteroatoms. The number of nitrogens with zero attached hydrogens (tertiary/aromatic N) is 2. The Morgan fingerprint density at radius 1 is 1.26 bits per heavy atom. The third-order valence-electron chi connectivity index (χ3n) is 3.59. The third-order valence-corrected chi connectivity index (χ3v) is 3.59. The van der Waals surface area contributed by atoms with Crippen molar-refractivity contribution in [3.63, 3.8) is 0 Å². The summed E-state index contributed by atoms with van der Waals surface area (Å²) in [6, 6.07) is 0.264. The molecule has 0 spiro atoms. The number of hydrogen-bond donors (Lipinski definition) is 2. The van der Waals surface area contributed by atoms with E-state index < -0.39 is 0 Å². The van der Waals surface area contributed by atoms with Crippen LogP contribution in [0.1, 0.15) is 45.1 Å². The summed E-state index contributed by atoms with van der Waals surface area (Å²) >= 11 is 0. The van der Waals surface area contributed by atoms with Gasteiger partial charge in [-0.1, -0.05) is 13.8 Å². The van der Waals surface area contributed by atoms with Gasteiger partial charge in [-0.2, -0.15) is 0 Å². The minimum Gasteiger partial charge on any atom is -0.376 e. The van der Waals surface area contributed by atoms with Gasteiger partial charge in [-0.05, 0) is 25.7 Å². The zero-order chi connectivity index (χ0) is 13.8. The molecule has 2 heterocycles. The van der Waals surface area contributed by atoms with Crippen LogP contribution in [0.4, 0.5) is 11.6 Å². The fourth-order valence-corrected chi connectivity index (χ4v) is 2.56. The highest BCUT2D eigenvalue weighted by molar-refractivity contribution is 5.59. The first kappa shape index (κ1) is 14.1. The van der Waals surface area contributed by atoms with Crippen LogP contribution in [0.3, 0.4) is 0 Å². The van der Waals surface area contributed by atoms with Gasteiger partial charge in [-0.3, -0.25) is 0 Å². The molecule has 19 heavy (non-hydrogen) atoms. The molecular formula is C14H24N4O. The molecule has 1 aliphatic heterocycles. The van der Waals surface area contributed by atoms with E-state index in [-0.39, 0.29) is 12.1 Å². The van der Waals surface area contributed by atoms with Crippen LogP contribution in [0.25, 0.3) is 0 Å². The van der Waals surface area contributed by atoms with E-state index in [2.05, 4.69) is 41.4 Å². The highest BCUT2D eigenvalue weighted by Gasteiger charge is 2.24. The zero-order valence-corrected chi connectivity index (χ0v) is 12.2. The molecule has 2 rings (SSSR count). The maximum Gasteiger partial charge on any atom is 0.135 e. The van der Waals surface area contributed by atoms with Crippen molar-refractivity contribution in [3.05, 3.63) is 11.9 Å². The summed E-state index contributed by atoms with van der Waals surface area (Å²) in [4.78, 5) is 8.69. The van der Waals surface area contributed by atoms with Crippen LogP contribution in [0.15, 0.2) is 6.33 Å². The summed E-state index contributed by atoms with van der Waals surface area (Å²) in [7, 11) is 1.89. The van der Waals surface area contributed by atoms with Gasteiger partial charge in [0.05, 0.1) is 12.1 Å². The van der Waals surface area contributed by atoms with Gasteiger partial charge in [0, 0.05) is 19.2 Å². The molecule has 106 valence electrons. The van der Waals surface area contributed by atoms with Crippen molar-refractivity contribution in [3.8, 4) is 0 Å². The summed E-state index contributed by atoms with van der Waals surface area (Å²) < 4.78 is 5.72. The van der Waals surface area contributed by atoms with Crippen molar-refractivity contribution in [2.24, 2.45) is 0 Å². The molecule has 0 bridgehead atoms. The van der Waals surface area contributed by atoms with Crippen LogP contribution in [0, 0.1) is 0 Å². The minimum atomic E-state index is 0.264. The second-order valence-corrected chi connectivity index (χ2v) is 5.37. The molecule has 0 amide bonds. The SMILES string of the molecule is CNc1ncnc(NC(C)C2CCCO2)c1C(C)C. The number of nitrogens with one attached hydrogen (secondary N) is 2. The van der Waals surface area contributed by atoms with Crippen molar-refractivity contribution < 1.29 is 4.74 Å². The standard InChI is InChI=1S/C14H24N4O/c1-9(2)12-13(15-4)16-8-17-14(12)18-10(3)11-6-5-7-19-11/h8-11H,5-7H2,1-4H3,(H2,15,16,17,18). The zero-order valence-electron chi connectivity index (χ0n) is 12.2. The lowest BCUT2D eigenvalue weighted by Gasteiger charge is -2.23. The Morgan fingerprint density at radius 2 is 2.00 bits per heavy atom. The molecule has 1 fully saturated rings. The van der Waals surface area contributed by atoms with Gasteiger partial charge >= 0.3 is 0 Å². The Bertz CT molecular complexity index is 416. The van der Waals surface area contributed by atoms with Gasteiger partial charge in [0.2, 0.25) is 0 Å². The predicted octanol–water partition coefficient (Wildman–Crippen LogP) is 2.62. The van der Waals surface area contributed by atoms with Gasteiger partial charge in [0.1, 0.15) is 18.0 Å². The molecule has 2 N–H and O–H groups in total. The molecule has 5 nitrogen and oxygen atoms in total. The maximum atomic E-state index is 5.72. The van der Waals surface area contributed by atoms with Crippen LogP contribution in [-0.2, 0) is 4.74 Å². The van der Waals surface area contributed by atoms with Gasteiger partial charge < -0.3 is 15.4 Å². The van der Waals surface area contributed by atoms with E-state index in [9.17, 15) is 0 Å². The Labute approximate surface area is 115 Å². The van der Waals surface area contributed by atoms with Crippen LogP contribution in [0.2, 0.25) is 0 Å². The fourth-order valence-electron chi connectivity index (χ4n) is 2.56. The lowest BCUT2D eigenvalue weighted by molar-refractivity contribution is 0.0995. The van der Waals surface area contributed by atoms with Crippen molar-refractivity contribution >= 4 is 11.6 Å². The molecule has 2 atom stereocenters. The second-order valence-electron chi connectivity index (χ2n) is 5.37. The van der Waals surface area contributed by atoms with Crippen molar-refractivity contribution in [1.29, 1.82) is 0 Å². The normalized spacial score (nSPS) is 20.6. The Hall–Kier alpha value is -1.36. The van der Waals surface area contributed by atoms with Gasteiger partial charge in [0.15, 0.2) is 0 Å². The molecule has 1 saturated heterocycles. The van der Waals surface area contributed by atoms with Crippen LogP contribution in [0.5, 0.6) is 0 Å². The number of aromatic nitrogens is 2. The van der Waals surface area contributed by atoms with Gasteiger partial charge in [-0.15, -0.1) is 0 Å². The molecule has 0 saturated carbocycles. The van der Waals surface area contributed by atoms with Gasteiger partial charge in [0.25, 0.3) is 0 Å². The largest absolute Gasteiger partial charge is 0.376 e. The van der Waals surface area contributed by atoms with Crippen molar-refractivity contribution in [1.82, 2.24) is 9.97 Å². The second kappa shape index (κ2) is 6.19. The van der Waals surface area contributed by atoms with Gasteiger partial charge in [-0.25, -0.2) is 9.97 Å². The highest BCUT2D eigenvalue weighted by atomic mass is 16.5. The quantitative estimate of drug-likeness (QED) is 0.856. The van der Waals surface area contributed by atoms with Crippen LogP contribution >= 0.6 is 0 Å². The smallest absolute Gasteiger partial charge is 0.135 e. The average Bonchev–Trinajstić information content (AvgIpc) is 2.92. The monoisotopic (exact) mass is 264 g/mol. The summed E-state index contributed by atoms with van der Waals surface area (Å²) in [5, 5.41) is 6.63. The van der Waals surface area contributed by atoms with E-state index in [1.165, 1.54) is 0 Å². The number of hydrogen-bond acceptors (Lipinski definition) is 5. The number of anilines is 2. The summed E-state index contributed by atoms with van der Waals surface area (Å²) in [6.07, 6.45) is 4.16. The van der Waals surface area contributed by atoms with Crippen LogP contribution in [-0.4, -0.2) is 35.8 Å². The highest BCUT2D eigenvalue weighted by Crippen LogP contribution is 2.29. The summed E-state index contributed by atoms with van der Waals surface area (Å²) in [6.45, 7) is 7.34. The Morgan fingerprint density at radius 3 is 2.58 bits per heavy atom. The van der Waals surface area contributed by atoms with E-state index in [0.717, 1.165) is 36.6 Å². The number of rotatable bonds is 5. The first-order chi connectivity index (χ1) is 9.13. The average molecular weight is 264 g/mol. The third kappa shape index (κ3) is 3.15. The van der Waals surface area contributed by atoms with E-state index in [1.807, 2.05) is 7.05 Å². The molecule has 1 aliphatic rings. The molecular weight excluding hydrogens is 240 g/mol. The van der Waals surface area contributed by atoms with E-state index in [0.29, 0.717) is 5.92 Å². The first-order valence-corrected chi connectivity index (χ1v) is 7.04. The van der Waals surface area contributed by atoms with Crippen molar-refractivity contribution in [2.75, 3.05) is 24.3 Å². The topological polar surface area (TPSA) is 59.1 Å². The van der Waals surface area contributed by atoms with Crippen LogP contribution < -0.4 is 10.6 Å². The predicted molar refractivity (Wildman–Crippen MR) is 77.7 cm³/mol. The molecule has 1 aromatic rings. The van der Waals surface area contributed by atoms with Crippen molar-refractivity contribution in [2.45, 2.75) is 51.7 Å². The summed E-state index contributed by atoms with van der Waals surface area (Å²) in [5.74, 6) is 2.17. The van der Waals surface area contributed by atoms with E-state index >= 15 is 0 Å². The molecule has 2 unspecified atom stereocenters. The number of ether oxygens (including phenoxy) is 1. The fraction of sp³-hybridized carbons (Fsp3) is 0.714. The minimum absolute atomic E-state index is 0.264. The molecule has 0 aromatic carbocycles. The lowest BCUT2D eigenvalue weighted by Crippen LogP contribution is -2.31. The van der Waals surface area contributed by atoms with E-state index in [4.69, 9.17) is 4.74 Å². The molecule has 0 aliphatic carbocycles. The van der Waals surface area contributed by atoms with E-state index in [1.54, 1.807) is 6.33 Å². The Kier molecular flexibility index (Phi) is 4.58. The lowest BCUT2D eigenvalue weighted by atomic mass is 10.0. The first-order valence-electron chi connectivity index (χ1n) is 7.04.